The Morgan fingerprint density at radius 1 is 1.42 bits per heavy atom. The molecule has 0 aromatic carbocycles. The number of rotatable bonds is 7. The highest BCUT2D eigenvalue weighted by Crippen LogP contribution is 2.06. The van der Waals surface area contributed by atoms with Crippen molar-refractivity contribution in [2.75, 3.05) is 6.54 Å². The average molecular weight is 167 g/mol. The Hall–Kier alpha value is -0.560. The van der Waals surface area contributed by atoms with Crippen LogP contribution in [-0.4, -0.2) is 12.6 Å². The van der Waals surface area contributed by atoms with Crippen molar-refractivity contribution >= 4 is 0 Å². The zero-order valence-corrected chi connectivity index (χ0v) is 8.40. The number of hydrogen-bond acceptors (Lipinski definition) is 1. The second-order valence-electron chi connectivity index (χ2n) is 3.44. The van der Waals surface area contributed by atoms with Crippen LogP contribution in [0, 0.1) is 0 Å². The molecule has 0 aliphatic carbocycles. The van der Waals surface area contributed by atoms with Crippen LogP contribution in [0.15, 0.2) is 24.8 Å². The van der Waals surface area contributed by atoms with Gasteiger partial charge in [-0.15, -0.1) is 6.58 Å². The molecule has 0 aliphatic rings. The van der Waals surface area contributed by atoms with E-state index in [1.807, 2.05) is 6.08 Å². The molecule has 1 nitrogen and oxygen atoms in total. The van der Waals surface area contributed by atoms with Gasteiger partial charge in [0.25, 0.3) is 0 Å². The summed E-state index contributed by atoms with van der Waals surface area (Å²) in [4.78, 5) is 0. The predicted octanol–water partition coefficient (Wildman–Crippen LogP) is 2.90. The first kappa shape index (κ1) is 11.4. The third-order valence-corrected chi connectivity index (χ3v) is 1.73. The standard InChI is InChI=1S/C11H21N/c1-5-6-7-11(4)8-9-12-10(2)3/h5,10,12H,1,4,6-9H2,2-3H3. The summed E-state index contributed by atoms with van der Waals surface area (Å²) in [6.07, 6.45) is 5.18. The van der Waals surface area contributed by atoms with E-state index in [0.29, 0.717) is 6.04 Å². The van der Waals surface area contributed by atoms with Crippen LogP contribution in [0.1, 0.15) is 33.1 Å². The molecule has 0 fully saturated rings. The van der Waals surface area contributed by atoms with Gasteiger partial charge in [0.15, 0.2) is 0 Å². The maximum atomic E-state index is 4.00. The lowest BCUT2D eigenvalue weighted by molar-refractivity contribution is 0.585. The third-order valence-electron chi connectivity index (χ3n) is 1.73. The lowest BCUT2D eigenvalue weighted by atomic mass is 10.1. The molecule has 0 aliphatic heterocycles. The first-order valence-corrected chi connectivity index (χ1v) is 4.67. The average Bonchev–Trinajstić information content (AvgIpc) is 2.00. The lowest BCUT2D eigenvalue weighted by Gasteiger charge is -2.08. The molecule has 1 heteroatoms. The number of allylic oxidation sites excluding steroid dienone is 1. The quantitative estimate of drug-likeness (QED) is 0.575. The van der Waals surface area contributed by atoms with Gasteiger partial charge in [-0.25, -0.2) is 0 Å². The summed E-state index contributed by atoms with van der Waals surface area (Å²) in [7, 11) is 0. The first-order valence-electron chi connectivity index (χ1n) is 4.67. The van der Waals surface area contributed by atoms with Gasteiger partial charge >= 0.3 is 0 Å². The van der Waals surface area contributed by atoms with E-state index in [4.69, 9.17) is 0 Å². The highest BCUT2D eigenvalue weighted by molar-refractivity contribution is 4.96. The summed E-state index contributed by atoms with van der Waals surface area (Å²) < 4.78 is 0. The van der Waals surface area contributed by atoms with E-state index in [1.54, 1.807) is 0 Å². The molecule has 12 heavy (non-hydrogen) atoms. The molecule has 70 valence electrons. The molecule has 0 radical (unpaired) electrons. The Bertz CT molecular complexity index is 136. The van der Waals surface area contributed by atoms with Gasteiger partial charge in [0.1, 0.15) is 0 Å². The molecule has 0 unspecified atom stereocenters. The highest BCUT2D eigenvalue weighted by Gasteiger charge is 1.94. The molecular formula is C11H21N. The third kappa shape index (κ3) is 7.55. The van der Waals surface area contributed by atoms with Crippen LogP contribution in [0.3, 0.4) is 0 Å². The molecule has 0 spiro atoms. The molecule has 0 amide bonds. The summed E-state index contributed by atoms with van der Waals surface area (Å²) in [6.45, 7) is 13.1. The van der Waals surface area contributed by atoms with Crippen LogP contribution in [0.25, 0.3) is 0 Å². The Labute approximate surface area is 76.6 Å². The van der Waals surface area contributed by atoms with Crippen LogP contribution < -0.4 is 5.32 Å². The van der Waals surface area contributed by atoms with Crippen molar-refractivity contribution in [3.8, 4) is 0 Å². The molecule has 0 rings (SSSR count). The van der Waals surface area contributed by atoms with Crippen molar-refractivity contribution in [3.63, 3.8) is 0 Å². The zero-order valence-electron chi connectivity index (χ0n) is 8.40. The minimum Gasteiger partial charge on any atom is -0.314 e. The van der Waals surface area contributed by atoms with Crippen molar-refractivity contribution < 1.29 is 0 Å². The van der Waals surface area contributed by atoms with Gasteiger partial charge in [0.05, 0.1) is 0 Å². The van der Waals surface area contributed by atoms with Gasteiger partial charge in [-0.2, -0.15) is 0 Å². The monoisotopic (exact) mass is 167 g/mol. The zero-order chi connectivity index (χ0) is 9.40. The van der Waals surface area contributed by atoms with E-state index in [-0.39, 0.29) is 0 Å². The molecule has 1 N–H and O–H groups in total. The van der Waals surface area contributed by atoms with Crippen LogP contribution >= 0.6 is 0 Å². The summed E-state index contributed by atoms with van der Waals surface area (Å²) >= 11 is 0. The summed E-state index contributed by atoms with van der Waals surface area (Å²) in [5, 5.41) is 3.37. The smallest absolute Gasteiger partial charge is 0.00105 e. The van der Waals surface area contributed by atoms with Gasteiger partial charge in [-0.3, -0.25) is 0 Å². The predicted molar refractivity (Wildman–Crippen MR) is 56.3 cm³/mol. The van der Waals surface area contributed by atoms with Crippen molar-refractivity contribution in [1.82, 2.24) is 5.32 Å². The van der Waals surface area contributed by atoms with Crippen molar-refractivity contribution in [2.45, 2.75) is 39.2 Å². The molecule has 0 atom stereocenters. The highest BCUT2D eigenvalue weighted by atomic mass is 14.9. The molecule has 0 bridgehead atoms. The minimum atomic E-state index is 0.581. The Kier molecular flexibility index (Phi) is 6.78. The molecule has 0 saturated heterocycles. The molecule has 0 aromatic heterocycles. The fraction of sp³-hybridized carbons (Fsp3) is 0.636. The summed E-state index contributed by atoms with van der Waals surface area (Å²) in [6, 6.07) is 0.581. The fourth-order valence-electron chi connectivity index (χ4n) is 0.969. The van der Waals surface area contributed by atoms with Crippen molar-refractivity contribution in [1.29, 1.82) is 0 Å². The maximum Gasteiger partial charge on any atom is 0.00105 e. The SMILES string of the molecule is C=CCCC(=C)CCNC(C)C. The van der Waals surface area contributed by atoms with E-state index in [1.165, 1.54) is 5.57 Å². The molecule has 0 saturated carbocycles. The van der Waals surface area contributed by atoms with E-state index >= 15 is 0 Å². The van der Waals surface area contributed by atoms with E-state index < -0.39 is 0 Å². The fourth-order valence-corrected chi connectivity index (χ4v) is 0.969. The van der Waals surface area contributed by atoms with Gasteiger partial charge in [0.2, 0.25) is 0 Å². The van der Waals surface area contributed by atoms with Crippen LogP contribution in [0.2, 0.25) is 0 Å². The summed E-state index contributed by atoms with van der Waals surface area (Å²) in [5.74, 6) is 0. The molecular weight excluding hydrogens is 146 g/mol. The van der Waals surface area contributed by atoms with Crippen molar-refractivity contribution in [3.05, 3.63) is 24.8 Å². The number of hydrogen-bond donors (Lipinski definition) is 1. The normalized spacial score (nSPS) is 10.2. The Balaban J connectivity index is 3.25. The van der Waals surface area contributed by atoms with Crippen LogP contribution in [-0.2, 0) is 0 Å². The second-order valence-corrected chi connectivity index (χ2v) is 3.44. The Morgan fingerprint density at radius 3 is 2.58 bits per heavy atom. The Morgan fingerprint density at radius 2 is 2.08 bits per heavy atom. The van der Waals surface area contributed by atoms with E-state index in [9.17, 15) is 0 Å². The van der Waals surface area contributed by atoms with E-state index in [2.05, 4.69) is 32.3 Å². The van der Waals surface area contributed by atoms with Gasteiger partial charge in [-0.1, -0.05) is 32.1 Å². The second kappa shape index (κ2) is 7.11. The van der Waals surface area contributed by atoms with Gasteiger partial charge < -0.3 is 5.32 Å². The van der Waals surface area contributed by atoms with Crippen LogP contribution in [0.4, 0.5) is 0 Å². The molecule has 0 heterocycles. The lowest BCUT2D eigenvalue weighted by Crippen LogP contribution is -2.23. The van der Waals surface area contributed by atoms with E-state index in [0.717, 1.165) is 25.8 Å². The maximum absolute atomic E-state index is 4.00. The summed E-state index contributed by atoms with van der Waals surface area (Å²) in [5.41, 5.74) is 1.32. The van der Waals surface area contributed by atoms with Gasteiger partial charge in [-0.05, 0) is 25.8 Å². The van der Waals surface area contributed by atoms with Crippen molar-refractivity contribution in [2.24, 2.45) is 0 Å². The molecule has 0 aromatic rings. The minimum absolute atomic E-state index is 0.581. The topological polar surface area (TPSA) is 12.0 Å². The largest absolute Gasteiger partial charge is 0.314 e. The number of nitrogens with one attached hydrogen (secondary N) is 1. The van der Waals surface area contributed by atoms with Crippen LogP contribution in [0.5, 0.6) is 0 Å². The van der Waals surface area contributed by atoms with Gasteiger partial charge in [0, 0.05) is 6.04 Å². The first-order chi connectivity index (χ1) is 5.66.